The number of amides is 4. The van der Waals surface area contributed by atoms with Gasteiger partial charge in [0, 0.05) is 0 Å². The number of carbonyl (C=O) groups is 3. The summed E-state index contributed by atoms with van der Waals surface area (Å²) in [5, 5.41) is 3.19. The highest BCUT2D eigenvalue weighted by Crippen LogP contribution is 2.36. The molecule has 0 radical (unpaired) electrons. The minimum atomic E-state index is -4.63. The highest BCUT2D eigenvalue weighted by Gasteiger charge is 2.52. The van der Waals surface area contributed by atoms with Crippen molar-refractivity contribution < 1.29 is 32.3 Å². The van der Waals surface area contributed by atoms with E-state index in [-0.39, 0.29) is 0 Å². The summed E-state index contributed by atoms with van der Waals surface area (Å²) >= 11 is 0. The quantitative estimate of drug-likeness (QED) is 0.779. The molecule has 2 N–H and O–H groups in total. The number of rotatable bonds is 4. The van der Waals surface area contributed by atoms with E-state index < -0.39 is 47.5 Å². The number of imide groups is 1. The van der Waals surface area contributed by atoms with Crippen molar-refractivity contribution in [1.29, 1.82) is 0 Å². The van der Waals surface area contributed by atoms with Gasteiger partial charge in [-0.25, -0.2) is 4.79 Å². The molecule has 146 valence electrons. The zero-order chi connectivity index (χ0) is 19.7. The third-order valence-electron chi connectivity index (χ3n) is 4.66. The summed E-state index contributed by atoms with van der Waals surface area (Å²) in [5.74, 6) is -1.99. The van der Waals surface area contributed by atoms with Crippen LogP contribution >= 0.6 is 0 Å². The number of carbonyl (C=O) groups excluding carboxylic acids is 3. The van der Waals surface area contributed by atoms with Gasteiger partial charge in [0.2, 0.25) is 0 Å². The molecule has 27 heavy (non-hydrogen) atoms. The van der Waals surface area contributed by atoms with E-state index in [0.717, 1.165) is 31.4 Å². The number of alkyl halides is 3. The molecule has 0 bridgehead atoms. The predicted molar refractivity (Wildman–Crippen MR) is 86.3 cm³/mol. The van der Waals surface area contributed by atoms with Crippen molar-refractivity contribution in [3.8, 4) is 5.75 Å². The van der Waals surface area contributed by atoms with Gasteiger partial charge < -0.3 is 10.1 Å². The van der Waals surface area contributed by atoms with E-state index in [2.05, 4.69) is 10.7 Å². The summed E-state index contributed by atoms with van der Waals surface area (Å²) in [7, 11) is 0. The van der Waals surface area contributed by atoms with Gasteiger partial charge in [0.15, 0.2) is 6.61 Å². The van der Waals surface area contributed by atoms with E-state index in [4.69, 9.17) is 4.74 Å². The van der Waals surface area contributed by atoms with Crippen molar-refractivity contribution in [1.82, 2.24) is 15.8 Å². The Kier molecular flexibility index (Phi) is 4.99. The second kappa shape index (κ2) is 7.09. The van der Waals surface area contributed by atoms with Crippen LogP contribution in [0.15, 0.2) is 24.3 Å². The van der Waals surface area contributed by atoms with Crippen LogP contribution in [-0.4, -0.2) is 35.0 Å². The molecule has 10 heteroatoms. The lowest BCUT2D eigenvalue weighted by Gasteiger charge is -2.30. The lowest BCUT2D eigenvalue weighted by molar-refractivity contribution is -0.141. The molecular weight excluding hydrogens is 367 g/mol. The summed E-state index contributed by atoms with van der Waals surface area (Å²) in [6.45, 7) is -0.781. The molecule has 1 saturated heterocycles. The number of hydrazine groups is 1. The molecular formula is C17H18F3N3O4. The minimum absolute atomic E-state index is 0.486. The average Bonchev–Trinajstić information content (AvgIpc) is 2.84. The maximum absolute atomic E-state index is 12.9. The van der Waals surface area contributed by atoms with Crippen LogP contribution in [0.25, 0.3) is 0 Å². The number of nitrogens with one attached hydrogen (secondary N) is 2. The molecule has 2 aliphatic rings. The van der Waals surface area contributed by atoms with Crippen LogP contribution in [0.5, 0.6) is 5.75 Å². The molecule has 4 amide bonds. The molecule has 0 aromatic heterocycles. The van der Waals surface area contributed by atoms with Crippen LogP contribution in [0.4, 0.5) is 18.0 Å². The number of benzene rings is 1. The van der Waals surface area contributed by atoms with Crippen LogP contribution in [0.3, 0.4) is 0 Å². The third kappa shape index (κ3) is 3.83. The Morgan fingerprint density at radius 2 is 1.85 bits per heavy atom. The monoisotopic (exact) mass is 385 g/mol. The summed E-state index contributed by atoms with van der Waals surface area (Å²) < 4.78 is 43.7. The van der Waals surface area contributed by atoms with E-state index in [1.807, 2.05) is 0 Å². The van der Waals surface area contributed by atoms with Crippen molar-refractivity contribution in [2.24, 2.45) is 0 Å². The van der Waals surface area contributed by atoms with Crippen LogP contribution < -0.4 is 15.5 Å². The summed E-state index contributed by atoms with van der Waals surface area (Å²) in [5.41, 5.74) is 0.0779. The second-order valence-corrected chi connectivity index (χ2v) is 6.53. The Balaban J connectivity index is 1.62. The molecule has 1 spiro atoms. The normalized spacial score (nSPS) is 19.1. The van der Waals surface area contributed by atoms with Crippen LogP contribution in [0, 0.1) is 0 Å². The van der Waals surface area contributed by atoms with Gasteiger partial charge in [-0.3, -0.25) is 15.0 Å². The lowest BCUT2D eigenvalue weighted by Crippen LogP contribution is -2.51. The topological polar surface area (TPSA) is 87.7 Å². The van der Waals surface area contributed by atoms with Crippen molar-refractivity contribution in [3.63, 3.8) is 0 Å². The van der Waals surface area contributed by atoms with E-state index in [9.17, 15) is 27.6 Å². The Morgan fingerprint density at radius 1 is 1.19 bits per heavy atom. The molecule has 1 aromatic carbocycles. The fraction of sp³-hybridized carbons (Fsp3) is 0.471. The number of urea groups is 1. The smallest absolute Gasteiger partial charge is 0.419 e. The molecule has 1 aliphatic carbocycles. The number of hydrogen-bond donors (Lipinski definition) is 2. The maximum Gasteiger partial charge on any atom is 0.419 e. The molecule has 2 fully saturated rings. The first kappa shape index (κ1) is 19.0. The number of nitrogens with zero attached hydrogens (tertiary/aromatic N) is 1. The molecule has 0 unspecified atom stereocenters. The first-order chi connectivity index (χ1) is 12.7. The average molecular weight is 385 g/mol. The molecule has 7 nitrogen and oxygen atoms in total. The van der Waals surface area contributed by atoms with E-state index >= 15 is 0 Å². The summed E-state index contributed by atoms with van der Waals surface area (Å²) in [4.78, 5) is 36.6. The molecule has 3 rings (SSSR count). The van der Waals surface area contributed by atoms with Gasteiger partial charge in [-0.1, -0.05) is 31.4 Å². The van der Waals surface area contributed by atoms with Crippen molar-refractivity contribution in [2.75, 3.05) is 6.61 Å². The predicted octanol–water partition coefficient (Wildman–Crippen LogP) is 2.37. The number of hydrogen-bond acceptors (Lipinski definition) is 4. The highest BCUT2D eigenvalue weighted by molar-refractivity contribution is 6.08. The summed E-state index contributed by atoms with van der Waals surface area (Å²) in [6.07, 6.45) is -1.13. The summed E-state index contributed by atoms with van der Waals surface area (Å²) in [6, 6.07) is 3.70. The first-order valence-electron chi connectivity index (χ1n) is 8.48. The fourth-order valence-corrected chi connectivity index (χ4v) is 3.34. The van der Waals surface area contributed by atoms with E-state index in [0.29, 0.717) is 17.9 Å². The lowest BCUT2D eigenvalue weighted by atomic mass is 9.82. The van der Waals surface area contributed by atoms with E-state index in [1.165, 1.54) is 12.1 Å². The zero-order valence-electron chi connectivity index (χ0n) is 14.3. The largest absolute Gasteiger partial charge is 0.483 e. The van der Waals surface area contributed by atoms with Gasteiger partial charge in [-0.15, -0.1) is 0 Å². The van der Waals surface area contributed by atoms with Crippen LogP contribution in [-0.2, 0) is 15.8 Å². The van der Waals surface area contributed by atoms with Gasteiger partial charge in [0.1, 0.15) is 11.3 Å². The highest BCUT2D eigenvalue weighted by atomic mass is 19.4. The third-order valence-corrected chi connectivity index (χ3v) is 4.66. The van der Waals surface area contributed by atoms with Crippen LogP contribution in [0.2, 0.25) is 0 Å². The Hall–Kier alpha value is -2.78. The van der Waals surface area contributed by atoms with Gasteiger partial charge in [-0.2, -0.15) is 18.2 Å². The maximum atomic E-state index is 12.9. The Labute approximate surface area is 152 Å². The van der Waals surface area contributed by atoms with Gasteiger partial charge >= 0.3 is 12.2 Å². The molecule has 0 atom stereocenters. The molecule has 1 aliphatic heterocycles. The minimum Gasteiger partial charge on any atom is -0.483 e. The number of halogens is 3. The van der Waals surface area contributed by atoms with E-state index in [1.54, 1.807) is 0 Å². The number of para-hydroxylation sites is 1. The van der Waals surface area contributed by atoms with Crippen LogP contribution in [0.1, 0.15) is 37.7 Å². The van der Waals surface area contributed by atoms with Gasteiger partial charge in [0.05, 0.1) is 5.56 Å². The van der Waals surface area contributed by atoms with Gasteiger partial charge in [-0.05, 0) is 25.0 Å². The van der Waals surface area contributed by atoms with Gasteiger partial charge in [0.25, 0.3) is 11.8 Å². The van der Waals surface area contributed by atoms with Crippen molar-refractivity contribution >= 4 is 17.8 Å². The number of ether oxygens (including phenoxy) is 1. The molecule has 1 heterocycles. The molecule has 1 saturated carbocycles. The second-order valence-electron chi connectivity index (χ2n) is 6.53. The van der Waals surface area contributed by atoms with Crippen molar-refractivity contribution in [2.45, 2.75) is 43.8 Å². The van der Waals surface area contributed by atoms with Crippen molar-refractivity contribution in [3.05, 3.63) is 29.8 Å². The molecule has 1 aromatic rings. The Bertz CT molecular complexity index is 760. The SMILES string of the molecule is O=C(COc1ccccc1C(F)(F)F)NN1C(=O)NC2(CCCCC2)C1=O. The fourth-order valence-electron chi connectivity index (χ4n) is 3.34. The standard InChI is InChI=1S/C17H18F3N3O4/c18-17(19,20)11-6-2-3-7-12(11)27-10-13(24)22-23-14(25)16(21-15(23)26)8-4-1-5-9-16/h2-3,6-7H,1,4-5,8-10H2,(H,21,26)(H,22,24). The Morgan fingerprint density at radius 3 is 2.52 bits per heavy atom. The zero-order valence-corrected chi connectivity index (χ0v) is 14.3. The first-order valence-corrected chi connectivity index (χ1v) is 8.48.